The van der Waals surface area contributed by atoms with Crippen LogP contribution in [-0.4, -0.2) is 57.4 Å². The number of carbonyl (C=O) groups excluding carboxylic acids is 2. The average Bonchev–Trinajstić information content (AvgIpc) is 3.97. The number of alkyl halides is 3. The van der Waals surface area contributed by atoms with Crippen molar-refractivity contribution in [3.63, 3.8) is 0 Å². The van der Waals surface area contributed by atoms with E-state index in [2.05, 4.69) is 12.2 Å². The maximum Gasteiger partial charge on any atom is 0.471 e. The van der Waals surface area contributed by atoms with Crippen LogP contribution in [0, 0.1) is 5.92 Å². The smallest absolute Gasteiger partial charge is 0.431 e. The Kier molecular flexibility index (Phi) is 12.7. The molecular weight excluding hydrogens is 804 g/mol. The minimum Gasteiger partial charge on any atom is -0.431 e. The average molecular weight is 848 g/mol. The SMILES string of the molecule is C[C@H]1[C@@H](CSc2nc(-c3ccccc3)c(-c3ccccc3)o2)O[C@@H](c2ccc(-c3ccccc3CNC(=O)[C@@H]3CCCN3C(=O)C(F)(F)F)cc2)O[C@H]1c1ccc(CO)cc1. The molecule has 0 bridgehead atoms. The molecule has 2 amide bonds. The lowest BCUT2D eigenvalue weighted by molar-refractivity contribution is -0.268. The molecule has 0 unspecified atom stereocenters. The molecule has 61 heavy (non-hydrogen) atoms. The number of halogens is 3. The number of aliphatic hydroxyl groups is 1. The topological polar surface area (TPSA) is 114 Å². The van der Waals surface area contributed by atoms with Gasteiger partial charge in [-0.3, -0.25) is 9.59 Å². The summed E-state index contributed by atoms with van der Waals surface area (Å²) in [5.41, 5.74) is 7.62. The van der Waals surface area contributed by atoms with Crippen molar-refractivity contribution in [2.24, 2.45) is 5.92 Å². The lowest BCUT2D eigenvalue weighted by Gasteiger charge is -2.41. The van der Waals surface area contributed by atoms with Crippen molar-refractivity contribution in [2.75, 3.05) is 12.3 Å². The van der Waals surface area contributed by atoms with Crippen LogP contribution in [0.4, 0.5) is 13.2 Å². The fourth-order valence-corrected chi connectivity index (χ4v) is 8.91. The molecule has 2 fully saturated rings. The molecule has 5 aromatic carbocycles. The quantitative estimate of drug-likeness (QED) is 0.117. The normalized spacial score (nSPS) is 20.4. The van der Waals surface area contributed by atoms with Gasteiger partial charge in [-0.1, -0.05) is 152 Å². The number of benzene rings is 5. The number of carbonyl (C=O) groups is 2. The van der Waals surface area contributed by atoms with Gasteiger partial charge in [-0.25, -0.2) is 4.98 Å². The van der Waals surface area contributed by atoms with E-state index in [1.807, 2.05) is 133 Å². The number of nitrogens with one attached hydrogen (secondary N) is 1. The van der Waals surface area contributed by atoms with Gasteiger partial charge in [0.1, 0.15) is 11.7 Å². The molecule has 2 aliphatic heterocycles. The molecule has 0 saturated carbocycles. The second-order valence-corrected chi connectivity index (χ2v) is 16.1. The molecule has 6 aromatic rings. The maximum atomic E-state index is 13.2. The van der Waals surface area contributed by atoms with Gasteiger partial charge >= 0.3 is 12.1 Å². The maximum absolute atomic E-state index is 13.2. The zero-order valence-electron chi connectivity index (χ0n) is 33.3. The van der Waals surface area contributed by atoms with Crippen LogP contribution in [0.25, 0.3) is 33.7 Å². The highest BCUT2D eigenvalue weighted by Gasteiger charge is 2.47. The Hall–Kier alpha value is -5.73. The third kappa shape index (κ3) is 9.45. The first kappa shape index (κ1) is 42.0. The molecule has 2 saturated heterocycles. The minimum atomic E-state index is -5.04. The standard InChI is InChI=1S/C48H44F3N3O6S/c1-30-40(29-61-47-53-41(33-11-4-2-5-12-33)43(60-47)34-13-6-3-7-14-34)58-45(59-42(30)35-20-18-31(28-55)19-21-35)36-24-22-32(23-25-36)38-16-9-8-15-37(38)27-52-44(56)39-17-10-26-54(39)46(57)48(49,50)51/h2-9,11-16,18-25,30,39-40,42,45,55H,10,17,26-29H2,1H3,(H,52,56)/t30-,39-,40+,42+,45+/m0/s1. The summed E-state index contributed by atoms with van der Waals surface area (Å²) in [7, 11) is 0. The van der Waals surface area contributed by atoms with E-state index in [1.54, 1.807) is 0 Å². The Balaban J connectivity index is 1.01. The third-order valence-electron chi connectivity index (χ3n) is 11.2. The number of hydrogen-bond acceptors (Lipinski definition) is 8. The zero-order valence-corrected chi connectivity index (χ0v) is 34.1. The van der Waals surface area contributed by atoms with Gasteiger partial charge < -0.3 is 29.2 Å². The van der Waals surface area contributed by atoms with Gasteiger partial charge in [-0.15, -0.1) is 0 Å². The largest absolute Gasteiger partial charge is 0.471 e. The lowest BCUT2D eigenvalue weighted by atomic mass is 9.91. The zero-order chi connectivity index (χ0) is 42.5. The summed E-state index contributed by atoms with van der Waals surface area (Å²) in [6.45, 7) is 1.98. The molecule has 8 rings (SSSR count). The monoisotopic (exact) mass is 847 g/mol. The van der Waals surface area contributed by atoms with E-state index in [4.69, 9.17) is 18.9 Å². The predicted octanol–water partition coefficient (Wildman–Crippen LogP) is 9.92. The van der Waals surface area contributed by atoms with Gasteiger partial charge in [0.05, 0.1) is 18.8 Å². The van der Waals surface area contributed by atoms with Crippen LogP contribution in [0.1, 0.15) is 54.4 Å². The molecule has 3 heterocycles. The molecule has 13 heteroatoms. The van der Waals surface area contributed by atoms with Crippen molar-refractivity contribution in [3.05, 3.63) is 156 Å². The second-order valence-electron chi connectivity index (χ2n) is 15.2. The highest BCUT2D eigenvalue weighted by molar-refractivity contribution is 7.99. The Morgan fingerprint density at radius 2 is 1.48 bits per heavy atom. The Morgan fingerprint density at radius 3 is 2.16 bits per heavy atom. The van der Waals surface area contributed by atoms with Crippen LogP contribution in [0.3, 0.4) is 0 Å². The molecule has 2 N–H and O–H groups in total. The van der Waals surface area contributed by atoms with Crippen LogP contribution in [0.5, 0.6) is 0 Å². The fraction of sp³-hybridized carbons (Fsp3) is 0.271. The van der Waals surface area contributed by atoms with Crippen LogP contribution < -0.4 is 5.32 Å². The van der Waals surface area contributed by atoms with E-state index in [1.165, 1.54) is 11.8 Å². The van der Waals surface area contributed by atoms with Crippen molar-refractivity contribution in [2.45, 2.75) is 68.9 Å². The molecule has 9 nitrogen and oxygen atoms in total. The van der Waals surface area contributed by atoms with Crippen molar-refractivity contribution in [1.82, 2.24) is 15.2 Å². The van der Waals surface area contributed by atoms with E-state index in [0.717, 1.165) is 50.2 Å². The van der Waals surface area contributed by atoms with Crippen molar-refractivity contribution in [3.8, 4) is 33.7 Å². The number of rotatable bonds is 12. The van der Waals surface area contributed by atoms with Crippen molar-refractivity contribution < 1.29 is 41.8 Å². The molecular formula is C48H44F3N3O6S. The van der Waals surface area contributed by atoms with E-state index in [9.17, 15) is 27.9 Å². The molecule has 0 spiro atoms. The van der Waals surface area contributed by atoms with E-state index >= 15 is 0 Å². The number of ether oxygens (including phenoxy) is 2. The minimum absolute atomic E-state index is 0.0638. The molecule has 1 aromatic heterocycles. The van der Waals surface area contributed by atoms with Gasteiger partial charge in [-0.05, 0) is 40.7 Å². The third-order valence-corrected chi connectivity index (χ3v) is 12.1. The Bertz CT molecular complexity index is 2370. The fourth-order valence-electron chi connectivity index (χ4n) is 7.92. The number of amides is 2. The summed E-state index contributed by atoms with van der Waals surface area (Å²) in [6, 6.07) is 41.6. The van der Waals surface area contributed by atoms with Gasteiger partial charge in [0.25, 0.3) is 5.22 Å². The number of oxazole rings is 1. The summed E-state index contributed by atoms with van der Waals surface area (Å²) < 4.78 is 59.5. The number of nitrogens with zero attached hydrogens (tertiary/aromatic N) is 2. The number of hydrogen-bond donors (Lipinski definition) is 2. The summed E-state index contributed by atoms with van der Waals surface area (Å²) in [4.78, 5) is 30.6. The first-order chi connectivity index (χ1) is 29.6. The van der Waals surface area contributed by atoms with Crippen LogP contribution in [0.2, 0.25) is 0 Å². The molecule has 314 valence electrons. The molecule has 2 aliphatic rings. The van der Waals surface area contributed by atoms with Gasteiger partial charge in [0.2, 0.25) is 5.91 Å². The highest BCUT2D eigenvalue weighted by atomic mass is 32.2. The number of aromatic nitrogens is 1. The van der Waals surface area contributed by atoms with Crippen LogP contribution in [0.15, 0.2) is 143 Å². The van der Waals surface area contributed by atoms with Gasteiger partial charge in [0, 0.05) is 41.5 Å². The molecule has 5 atom stereocenters. The summed E-state index contributed by atoms with van der Waals surface area (Å²) in [6.07, 6.45) is -5.92. The lowest BCUT2D eigenvalue weighted by Crippen LogP contribution is -2.50. The molecule has 0 aliphatic carbocycles. The number of aliphatic hydroxyl groups excluding tert-OH is 1. The highest BCUT2D eigenvalue weighted by Crippen LogP contribution is 2.44. The van der Waals surface area contributed by atoms with E-state index in [-0.39, 0.29) is 44.2 Å². The summed E-state index contributed by atoms with van der Waals surface area (Å²) in [5.74, 6) is -1.48. The Morgan fingerprint density at radius 1 is 0.820 bits per heavy atom. The van der Waals surface area contributed by atoms with Gasteiger partial charge in [-0.2, -0.15) is 13.2 Å². The Labute approximate surface area is 355 Å². The van der Waals surface area contributed by atoms with Gasteiger partial charge in [0.15, 0.2) is 12.1 Å². The summed E-state index contributed by atoms with van der Waals surface area (Å²) >= 11 is 1.48. The molecule has 0 radical (unpaired) electrons. The predicted molar refractivity (Wildman–Crippen MR) is 226 cm³/mol. The number of thioether (sulfide) groups is 1. The van der Waals surface area contributed by atoms with Crippen LogP contribution >= 0.6 is 11.8 Å². The summed E-state index contributed by atoms with van der Waals surface area (Å²) in [5, 5.41) is 13.0. The number of likely N-dealkylation sites (tertiary alicyclic amines) is 1. The van der Waals surface area contributed by atoms with E-state index in [0.29, 0.717) is 28.1 Å². The first-order valence-electron chi connectivity index (χ1n) is 20.2. The van der Waals surface area contributed by atoms with Crippen LogP contribution in [-0.2, 0) is 32.2 Å². The first-order valence-corrected chi connectivity index (χ1v) is 21.1. The second kappa shape index (κ2) is 18.5. The van der Waals surface area contributed by atoms with Crippen molar-refractivity contribution in [1.29, 1.82) is 0 Å². The van der Waals surface area contributed by atoms with E-state index < -0.39 is 30.3 Å². The van der Waals surface area contributed by atoms with Crippen molar-refractivity contribution >= 4 is 23.6 Å².